The van der Waals surface area contributed by atoms with Crippen LogP contribution in [-0.2, 0) is 17.8 Å². The number of aryl methyl sites for hydroxylation is 1. The summed E-state index contributed by atoms with van der Waals surface area (Å²) in [6.07, 6.45) is 3.36. The Bertz CT molecular complexity index is 1140. The van der Waals surface area contributed by atoms with Crippen molar-refractivity contribution in [3.05, 3.63) is 80.7 Å². The van der Waals surface area contributed by atoms with Crippen LogP contribution >= 0.6 is 0 Å². The highest BCUT2D eigenvalue weighted by Gasteiger charge is 2.24. The lowest BCUT2D eigenvalue weighted by molar-refractivity contribution is 0.103. The summed E-state index contributed by atoms with van der Waals surface area (Å²) in [4.78, 5) is 25.8. The van der Waals surface area contributed by atoms with Gasteiger partial charge in [-0.1, -0.05) is 43.7 Å². The smallest absolute Gasteiger partial charge is 0.336 e. The van der Waals surface area contributed by atoms with E-state index in [1.54, 1.807) is 20.1 Å². The summed E-state index contributed by atoms with van der Waals surface area (Å²) in [5.74, 6) is 0.110. The summed E-state index contributed by atoms with van der Waals surface area (Å²) >= 11 is 0. The molecule has 0 amide bonds. The Hall–Kier alpha value is -3.18. The van der Waals surface area contributed by atoms with E-state index < -0.39 is 5.63 Å². The van der Waals surface area contributed by atoms with E-state index >= 15 is 0 Å². The number of rotatable bonds is 8. The van der Waals surface area contributed by atoms with E-state index in [1.165, 1.54) is 13.2 Å². The minimum atomic E-state index is -0.485. The molecule has 156 valence electrons. The van der Waals surface area contributed by atoms with Gasteiger partial charge in [0.15, 0.2) is 11.4 Å². The van der Waals surface area contributed by atoms with E-state index in [1.807, 2.05) is 43.3 Å². The molecule has 0 unspecified atom stereocenters. The van der Waals surface area contributed by atoms with Gasteiger partial charge in [-0.15, -0.1) is 0 Å². The Morgan fingerprint density at radius 1 is 1.10 bits per heavy atom. The molecule has 1 heterocycles. The summed E-state index contributed by atoms with van der Waals surface area (Å²) < 4.78 is 16.5. The fourth-order valence-corrected chi connectivity index (χ4v) is 3.66. The topological polar surface area (TPSA) is 65.7 Å². The molecular formula is C25H26O5. The van der Waals surface area contributed by atoms with Crippen LogP contribution in [0.5, 0.6) is 5.75 Å². The van der Waals surface area contributed by atoms with Crippen LogP contribution in [0.2, 0.25) is 0 Å². The van der Waals surface area contributed by atoms with E-state index in [2.05, 4.69) is 0 Å². The van der Waals surface area contributed by atoms with Crippen LogP contribution in [0, 0.1) is 0 Å². The zero-order valence-electron chi connectivity index (χ0n) is 17.8. The van der Waals surface area contributed by atoms with Gasteiger partial charge >= 0.3 is 5.63 Å². The second-order valence-corrected chi connectivity index (χ2v) is 7.16. The van der Waals surface area contributed by atoms with Gasteiger partial charge in [-0.25, -0.2) is 4.79 Å². The van der Waals surface area contributed by atoms with Crippen LogP contribution in [-0.4, -0.2) is 20.0 Å². The van der Waals surface area contributed by atoms with Crippen molar-refractivity contribution in [3.63, 3.8) is 0 Å². The molecular weight excluding hydrogens is 380 g/mol. The Morgan fingerprint density at radius 2 is 1.83 bits per heavy atom. The summed E-state index contributed by atoms with van der Waals surface area (Å²) in [7, 11) is 3.10. The third-order valence-electron chi connectivity index (χ3n) is 4.95. The molecule has 0 aliphatic carbocycles. The first-order valence-corrected chi connectivity index (χ1v) is 9.93. The van der Waals surface area contributed by atoms with Crippen molar-refractivity contribution < 1.29 is 18.7 Å². The number of carbonyl (C=O) groups is 1. The number of hydrogen-bond acceptors (Lipinski definition) is 5. The van der Waals surface area contributed by atoms with Gasteiger partial charge in [-0.2, -0.15) is 0 Å². The summed E-state index contributed by atoms with van der Waals surface area (Å²) in [5.41, 5.74) is 3.12. The molecule has 0 aliphatic rings. The van der Waals surface area contributed by atoms with E-state index in [-0.39, 0.29) is 16.9 Å². The number of hydrogen-bond donors (Lipinski definition) is 0. The van der Waals surface area contributed by atoms with Crippen LogP contribution in [0.15, 0.2) is 57.2 Å². The van der Waals surface area contributed by atoms with Gasteiger partial charge in [-0.3, -0.25) is 4.79 Å². The van der Waals surface area contributed by atoms with Crippen LogP contribution in [0.25, 0.3) is 17.0 Å². The lowest BCUT2D eigenvalue weighted by Gasteiger charge is -2.16. The second kappa shape index (κ2) is 9.55. The quantitative estimate of drug-likeness (QED) is 0.293. The average Bonchev–Trinajstić information content (AvgIpc) is 2.73. The molecule has 0 fully saturated rings. The van der Waals surface area contributed by atoms with Crippen molar-refractivity contribution in [2.24, 2.45) is 0 Å². The van der Waals surface area contributed by atoms with Gasteiger partial charge in [0.25, 0.3) is 0 Å². The maximum absolute atomic E-state index is 13.5. The van der Waals surface area contributed by atoms with Gasteiger partial charge in [0, 0.05) is 18.6 Å². The summed E-state index contributed by atoms with van der Waals surface area (Å²) in [5, 5.41) is 0.745. The Morgan fingerprint density at radius 3 is 2.47 bits per heavy atom. The average molecular weight is 406 g/mol. The number of ether oxygens (including phenoxy) is 2. The van der Waals surface area contributed by atoms with Crippen LogP contribution in [0.1, 0.15) is 47.3 Å². The first kappa shape index (κ1) is 21.5. The molecule has 3 aromatic rings. The van der Waals surface area contributed by atoms with Gasteiger partial charge in [0.05, 0.1) is 13.7 Å². The number of allylic oxidation sites excluding steroid dienone is 1. The molecule has 2 aromatic carbocycles. The molecule has 0 spiro atoms. The van der Waals surface area contributed by atoms with Crippen LogP contribution < -0.4 is 10.4 Å². The monoisotopic (exact) mass is 406 g/mol. The molecule has 5 heteroatoms. The Labute approximate surface area is 175 Å². The maximum atomic E-state index is 13.5. The summed E-state index contributed by atoms with van der Waals surface area (Å²) in [6, 6.07) is 12.9. The first-order chi connectivity index (χ1) is 14.5. The molecule has 30 heavy (non-hydrogen) atoms. The predicted octanol–water partition coefficient (Wildman–Crippen LogP) is 5.19. The van der Waals surface area contributed by atoms with E-state index in [0.717, 1.165) is 28.5 Å². The molecule has 0 N–H and O–H groups in total. The number of fused-ring (bicyclic) bond motifs is 1. The number of methoxy groups -OCH3 is 2. The number of Topliss-reactive ketones (excluding diaryl/α,β-unsaturated/α-hetero) is 1. The molecule has 0 saturated carbocycles. The maximum Gasteiger partial charge on any atom is 0.336 e. The number of benzene rings is 2. The van der Waals surface area contributed by atoms with E-state index in [4.69, 9.17) is 13.9 Å². The standard InChI is InChI=1S/C25H26O5/c1-5-9-18-14-21(26)30-25-22(18)19(15-28-3)13-20(29-4)23(25)24(27)16(2)12-17-10-7-6-8-11-17/h6-8,10-14H,5,9,15H2,1-4H3/b16-12+. The van der Waals surface area contributed by atoms with Crippen molar-refractivity contribution in [1.82, 2.24) is 0 Å². The minimum Gasteiger partial charge on any atom is -0.496 e. The van der Waals surface area contributed by atoms with Gasteiger partial charge in [0.2, 0.25) is 0 Å². The van der Waals surface area contributed by atoms with Crippen molar-refractivity contribution in [2.45, 2.75) is 33.3 Å². The third kappa shape index (κ3) is 4.36. The number of carbonyl (C=O) groups excluding carboxylic acids is 1. The molecule has 3 rings (SSSR count). The van der Waals surface area contributed by atoms with Gasteiger partial charge in [-0.05, 0) is 47.8 Å². The van der Waals surface area contributed by atoms with Gasteiger partial charge in [0.1, 0.15) is 11.3 Å². The molecule has 0 aliphatic heterocycles. The zero-order chi connectivity index (χ0) is 21.7. The summed E-state index contributed by atoms with van der Waals surface area (Å²) in [6.45, 7) is 4.10. The van der Waals surface area contributed by atoms with Crippen molar-refractivity contribution in [1.29, 1.82) is 0 Å². The predicted molar refractivity (Wildman–Crippen MR) is 118 cm³/mol. The molecule has 0 radical (unpaired) electrons. The second-order valence-electron chi connectivity index (χ2n) is 7.16. The lowest BCUT2D eigenvalue weighted by atomic mass is 9.93. The largest absolute Gasteiger partial charge is 0.496 e. The van der Waals surface area contributed by atoms with Crippen LogP contribution in [0.4, 0.5) is 0 Å². The van der Waals surface area contributed by atoms with Crippen molar-refractivity contribution in [3.8, 4) is 5.75 Å². The molecule has 0 saturated heterocycles. The number of ketones is 1. The van der Waals surface area contributed by atoms with E-state index in [0.29, 0.717) is 24.4 Å². The lowest BCUT2D eigenvalue weighted by Crippen LogP contribution is -2.10. The van der Waals surface area contributed by atoms with E-state index in [9.17, 15) is 9.59 Å². The third-order valence-corrected chi connectivity index (χ3v) is 4.95. The fourth-order valence-electron chi connectivity index (χ4n) is 3.66. The SMILES string of the molecule is CCCc1cc(=O)oc2c(C(=O)/C(C)=C/c3ccccc3)c(OC)cc(COC)c12. The Balaban J connectivity index is 2.30. The zero-order valence-corrected chi connectivity index (χ0v) is 17.8. The normalized spacial score (nSPS) is 11.7. The Kier molecular flexibility index (Phi) is 6.85. The molecule has 5 nitrogen and oxygen atoms in total. The highest BCUT2D eigenvalue weighted by atomic mass is 16.5. The molecule has 0 bridgehead atoms. The first-order valence-electron chi connectivity index (χ1n) is 9.93. The minimum absolute atomic E-state index is 0.249. The fraction of sp³-hybridized carbons (Fsp3) is 0.280. The molecule has 0 atom stereocenters. The highest BCUT2D eigenvalue weighted by Crippen LogP contribution is 2.35. The molecule has 1 aromatic heterocycles. The van der Waals surface area contributed by atoms with Crippen molar-refractivity contribution >= 4 is 22.8 Å². The highest BCUT2D eigenvalue weighted by molar-refractivity contribution is 6.18. The van der Waals surface area contributed by atoms with Crippen LogP contribution in [0.3, 0.4) is 0 Å². The van der Waals surface area contributed by atoms with Crippen molar-refractivity contribution in [2.75, 3.05) is 14.2 Å². The van der Waals surface area contributed by atoms with Gasteiger partial charge < -0.3 is 13.9 Å².